The molecule has 1 aliphatic heterocycles. The predicted molar refractivity (Wildman–Crippen MR) is 102 cm³/mol. The van der Waals surface area contributed by atoms with Crippen LogP contribution in [0.5, 0.6) is 0 Å². The smallest absolute Gasteiger partial charge is 0.305 e. The summed E-state index contributed by atoms with van der Waals surface area (Å²) in [5.74, 6) is 1.66. The summed E-state index contributed by atoms with van der Waals surface area (Å²) in [6.07, 6.45) is 3.73. The van der Waals surface area contributed by atoms with Crippen LogP contribution in [0.4, 0.5) is 0 Å². The summed E-state index contributed by atoms with van der Waals surface area (Å²) in [6.45, 7) is 5.35. The highest BCUT2D eigenvalue weighted by Gasteiger charge is 2.19. The molecule has 1 saturated heterocycles. The summed E-state index contributed by atoms with van der Waals surface area (Å²) in [6, 6.07) is 10.2. The van der Waals surface area contributed by atoms with Gasteiger partial charge in [-0.3, -0.25) is 14.3 Å². The average molecular weight is 375 g/mol. The maximum absolute atomic E-state index is 11.5. The molecule has 1 aliphatic rings. The van der Waals surface area contributed by atoms with Crippen LogP contribution in [0.15, 0.2) is 35.5 Å². The fourth-order valence-corrected chi connectivity index (χ4v) is 4.00. The first-order valence-electron chi connectivity index (χ1n) is 9.28. The van der Waals surface area contributed by atoms with Crippen molar-refractivity contribution in [2.24, 2.45) is 0 Å². The van der Waals surface area contributed by atoms with E-state index in [9.17, 15) is 4.79 Å². The van der Waals surface area contributed by atoms with Gasteiger partial charge in [-0.15, -0.1) is 10.2 Å². The maximum atomic E-state index is 11.5. The molecule has 7 heteroatoms. The van der Waals surface area contributed by atoms with Gasteiger partial charge in [0, 0.05) is 17.9 Å². The van der Waals surface area contributed by atoms with E-state index in [4.69, 9.17) is 4.74 Å². The summed E-state index contributed by atoms with van der Waals surface area (Å²) in [7, 11) is 0. The highest BCUT2D eigenvalue weighted by molar-refractivity contribution is 7.99. The van der Waals surface area contributed by atoms with Crippen molar-refractivity contribution < 1.29 is 9.53 Å². The zero-order chi connectivity index (χ0) is 18.2. The summed E-state index contributed by atoms with van der Waals surface area (Å²) in [4.78, 5) is 13.9. The summed E-state index contributed by atoms with van der Waals surface area (Å²) in [5, 5.41) is 9.76. The topological polar surface area (TPSA) is 60.2 Å². The Morgan fingerprint density at radius 2 is 1.96 bits per heavy atom. The van der Waals surface area contributed by atoms with E-state index < -0.39 is 0 Å². The van der Waals surface area contributed by atoms with Crippen LogP contribution in [-0.4, -0.2) is 51.1 Å². The number of thioether (sulfide) groups is 1. The molecule has 0 unspecified atom stereocenters. The lowest BCUT2D eigenvalue weighted by atomic mass is 10.3. The second-order valence-electron chi connectivity index (χ2n) is 6.31. The molecule has 1 aromatic heterocycles. The molecule has 0 bridgehead atoms. The first-order chi connectivity index (χ1) is 12.8. The SMILES string of the molecule is CCOC(=O)CCCSc1nnc(CN2CCCC2)n1-c1ccccc1. The van der Waals surface area contributed by atoms with Gasteiger partial charge in [-0.1, -0.05) is 30.0 Å². The van der Waals surface area contributed by atoms with Gasteiger partial charge in [-0.05, 0) is 51.4 Å². The second kappa shape index (κ2) is 9.73. The maximum Gasteiger partial charge on any atom is 0.305 e. The lowest BCUT2D eigenvalue weighted by Gasteiger charge is -2.15. The van der Waals surface area contributed by atoms with E-state index in [1.807, 2.05) is 25.1 Å². The molecule has 0 amide bonds. The fourth-order valence-electron chi connectivity index (χ4n) is 3.09. The van der Waals surface area contributed by atoms with Crippen LogP contribution in [0.3, 0.4) is 0 Å². The van der Waals surface area contributed by atoms with E-state index in [0.717, 1.165) is 48.5 Å². The van der Waals surface area contributed by atoms with E-state index in [1.165, 1.54) is 12.8 Å². The second-order valence-corrected chi connectivity index (χ2v) is 7.37. The van der Waals surface area contributed by atoms with Crippen molar-refractivity contribution in [2.45, 2.75) is 44.3 Å². The number of hydrogen-bond acceptors (Lipinski definition) is 6. The largest absolute Gasteiger partial charge is 0.466 e. The third-order valence-electron chi connectivity index (χ3n) is 4.34. The Bertz CT molecular complexity index is 699. The molecule has 2 aromatic rings. The number of rotatable bonds is 9. The van der Waals surface area contributed by atoms with Crippen LogP contribution in [-0.2, 0) is 16.1 Å². The fraction of sp³-hybridized carbons (Fsp3) is 0.526. The molecule has 1 fully saturated rings. The van der Waals surface area contributed by atoms with Crippen molar-refractivity contribution in [3.05, 3.63) is 36.2 Å². The zero-order valence-corrected chi connectivity index (χ0v) is 16.1. The Balaban J connectivity index is 1.68. The third kappa shape index (κ3) is 5.08. The van der Waals surface area contributed by atoms with Gasteiger partial charge in [0.05, 0.1) is 13.2 Å². The van der Waals surface area contributed by atoms with Crippen molar-refractivity contribution in [3.8, 4) is 5.69 Å². The highest BCUT2D eigenvalue weighted by Crippen LogP contribution is 2.24. The van der Waals surface area contributed by atoms with Crippen LogP contribution >= 0.6 is 11.8 Å². The van der Waals surface area contributed by atoms with E-state index in [2.05, 4.69) is 31.8 Å². The average Bonchev–Trinajstić information content (AvgIpc) is 3.30. The van der Waals surface area contributed by atoms with Gasteiger partial charge >= 0.3 is 5.97 Å². The number of hydrogen-bond donors (Lipinski definition) is 0. The third-order valence-corrected chi connectivity index (χ3v) is 5.36. The molecule has 140 valence electrons. The summed E-state index contributed by atoms with van der Waals surface area (Å²) in [5.41, 5.74) is 1.08. The van der Waals surface area contributed by atoms with Crippen LogP contribution in [0.2, 0.25) is 0 Å². The van der Waals surface area contributed by atoms with Gasteiger partial charge in [0.25, 0.3) is 0 Å². The van der Waals surface area contributed by atoms with Crippen molar-refractivity contribution in [1.29, 1.82) is 0 Å². The zero-order valence-electron chi connectivity index (χ0n) is 15.3. The van der Waals surface area contributed by atoms with Gasteiger partial charge in [0.15, 0.2) is 11.0 Å². The number of ether oxygens (including phenoxy) is 1. The van der Waals surface area contributed by atoms with Gasteiger partial charge in [-0.2, -0.15) is 0 Å². The summed E-state index contributed by atoms with van der Waals surface area (Å²) < 4.78 is 7.12. The van der Waals surface area contributed by atoms with Crippen molar-refractivity contribution in [1.82, 2.24) is 19.7 Å². The molecule has 0 N–H and O–H groups in total. The van der Waals surface area contributed by atoms with Gasteiger partial charge in [-0.25, -0.2) is 0 Å². The van der Waals surface area contributed by atoms with Gasteiger partial charge in [0.1, 0.15) is 0 Å². The minimum absolute atomic E-state index is 0.132. The van der Waals surface area contributed by atoms with E-state index >= 15 is 0 Å². The molecule has 0 radical (unpaired) electrons. The Morgan fingerprint density at radius 1 is 1.19 bits per heavy atom. The van der Waals surface area contributed by atoms with Crippen LogP contribution in [0.25, 0.3) is 5.69 Å². The van der Waals surface area contributed by atoms with Crippen molar-refractivity contribution in [2.75, 3.05) is 25.4 Å². The number of esters is 1. The standard InChI is InChI=1S/C19H26N4O2S/c1-2-25-18(24)11-8-14-26-19-21-20-17(15-22-12-6-7-13-22)23(19)16-9-4-3-5-10-16/h3-5,9-10H,2,6-8,11-15H2,1H3. The Kier molecular flexibility index (Phi) is 7.08. The first-order valence-corrected chi connectivity index (χ1v) is 10.3. The van der Waals surface area contributed by atoms with E-state index in [1.54, 1.807) is 11.8 Å². The predicted octanol–water partition coefficient (Wildman–Crippen LogP) is 3.30. The molecular weight excluding hydrogens is 348 g/mol. The van der Waals surface area contributed by atoms with Gasteiger partial charge < -0.3 is 4.74 Å². The molecular formula is C19H26N4O2S. The normalized spacial score (nSPS) is 14.7. The Labute approximate surface area is 158 Å². The lowest BCUT2D eigenvalue weighted by Crippen LogP contribution is -2.21. The minimum atomic E-state index is -0.132. The molecule has 26 heavy (non-hydrogen) atoms. The molecule has 0 aliphatic carbocycles. The first kappa shape index (κ1) is 18.9. The molecule has 3 rings (SSSR count). The molecule has 0 spiro atoms. The number of carbonyl (C=O) groups is 1. The minimum Gasteiger partial charge on any atom is -0.466 e. The van der Waals surface area contributed by atoms with E-state index in [-0.39, 0.29) is 5.97 Å². The lowest BCUT2D eigenvalue weighted by molar-refractivity contribution is -0.143. The monoisotopic (exact) mass is 374 g/mol. The number of aromatic nitrogens is 3. The van der Waals surface area contributed by atoms with Crippen LogP contribution in [0.1, 0.15) is 38.4 Å². The Hall–Kier alpha value is -1.86. The Morgan fingerprint density at radius 3 is 2.69 bits per heavy atom. The van der Waals surface area contributed by atoms with E-state index in [0.29, 0.717) is 13.0 Å². The number of likely N-dealkylation sites (tertiary alicyclic amines) is 1. The number of nitrogens with zero attached hydrogens (tertiary/aromatic N) is 4. The highest BCUT2D eigenvalue weighted by atomic mass is 32.2. The molecule has 0 atom stereocenters. The van der Waals surface area contributed by atoms with Gasteiger partial charge in [0.2, 0.25) is 0 Å². The van der Waals surface area contributed by atoms with Crippen LogP contribution in [0, 0.1) is 0 Å². The molecule has 1 aromatic carbocycles. The number of carbonyl (C=O) groups excluding carboxylic acids is 1. The molecule has 0 saturated carbocycles. The number of benzene rings is 1. The summed E-state index contributed by atoms with van der Waals surface area (Å²) >= 11 is 1.64. The van der Waals surface area contributed by atoms with Crippen LogP contribution < -0.4 is 0 Å². The van der Waals surface area contributed by atoms with Crippen molar-refractivity contribution >= 4 is 17.7 Å². The quantitative estimate of drug-likeness (QED) is 0.381. The molecule has 2 heterocycles. The van der Waals surface area contributed by atoms with Crippen molar-refractivity contribution in [3.63, 3.8) is 0 Å². The molecule has 6 nitrogen and oxygen atoms in total. The number of para-hydroxylation sites is 1.